The summed E-state index contributed by atoms with van der Waals surface area (Å²) in [6, 6.07) is 12.6. The Hall–Kier alpha value is -2.30. The molecule has 0 aliphatic carbocycles. The molecule has 0 saturated heterocycles. The van der Waals surface area contributed by atoms with Gasteiger partial charge in [-0.3, -0.25) is 0 Å². The number of hydrogen-bond acceptors (Lipinski definition) is 4. The third-order valence-electron chi connectivity index (χ3n) is 4.52. The van der Waals surface area contributed by atoms with Gasteiger partial charge in [0.05, 0.1) is 0 Å². The second-order valence-electron chi connectivity index (χ2n) is 5.94. The van der Waals surface area contributed by atoms with Crippen molar-refractivity contribution in [3.05, 3.63) is 64.0 Å². The number of benzene rings is 2. The van der Waals surface area contributed by atoms with Crippen LogP contribution in [0.5, 0.6) is 11.5 Å². The fourth-order valence-corrected chi connectivity index (χ4v) is 4.56. The Morgan fingerprint density at radius 1 is 1.22 bits per heavy atom. The van der Waals surface area contributed by atoms with Gasteiger partial charge in [-0.2, -0.15) is 0 Å². The van der Waals surface area contributed by atoms with Crippen LogP contribution in [0.4, 0.5) is 0 Å². The quantitative estimate of drug-likeness (QED) is 0.492. The average molecular weight is 327 g/mol. The van der Waals surface area contributed by atoms with Crippen molar-refractivity contribution in [1.82, 2.24) is 0 Å². The number of nitrogens with zero attached hydrogens (tertiary/aromatic N) is 3. The van der Waals surface area contributed by atoms with Crippen LogP contribution >= 0.6 is 11.8 Å². The van der Waals surface area contributed by atoms with E-state index in [0.717, 1.165) is 21.8 Å². The molecule has 0 bridgehead atoms. The van der Waals surface area contributed by atoms with Gasteiger partial charge in [-0.25, -0.2) is 0 Å². The van der Waals surface area contributed by atoms with Crippen LogP contribution in [0.1, 0.15) is 24.0 Å². The van der Waals surface area contributed by atoms with Gasteiger partial charge in [0.15, 0.2) is 0 Å². The van der Waals surface area contributed by atoms with Crippen molar-refractivity contribution >= 4 is 11.8 Å². The summed E-state index contributed by atoms with van der Waals surface area (Å²) in [5, 5.41) is 23.1. The van der Waals surface area contributed by atoms with Gasteiger partial charge in [0, 0.05) is 33.4 Å². The molecule has 0 spiro atoms. The van der Waals surface area contributed by atoms with E-state index in [4.69, 9.17) is 5.53 Å². The van der Waals surface area contributed by atoms with Crippen molar-refractivity contribution in [2.75, 3.05) is 12.3 Å². The molecule has 1 heterocycles. The summed E-state index contributed by atoms with van der Waals surface area (Å²) in [6.07, 6.45) is 0. The van der Waals surface area contributed by atoms with E-state index in [9.17, 15) is 10.2 Å². The molecule has 23 heavy (non-hydrogen) atoms. The lowest BCUT2D eigenvalue weighted by molar-refractivity contribution is 0.410. The van der Waals surface area contributed by atoms with Crippen LogP contribution in [0.3, 0.4) is 0 Å². The molecule has 5 nitrogen and oxygen atoms in total. The van der Waals surface area contributed by atoms with Crippen molar-refractivity contribution < 1.29 is 10.2 Å². The van der Waals surface area contributed by atoms with Crippen LogP contribution in [0.15, 0.2) is 52.5 Å². The molecule has 0 radical (unpaired) electrons. The number of rotatable bonds is 3. The second-order valence-corrected chi connectivity index (χ2v) is 6.96. The highest BCUT2D eigenvalue weighted by atomic mass is 32.2. The molecular formula is C17H17N3O2S. The highest BCUT2D eigenvalue weighted by molar-refractivity contribution is 7.99. The summed E-state index contributed by atoms with van der Waals surface area (Å²) in [7, 11) is 0. The highest BCUT2D eigenvalue weighted by Gasteiger charge is 2.41. The molecule has 2 atom stereocenters. The molecule has 0 saturated carbocycles. The summed E-state index contributed by atoms with van der Waals surface area (Å²) in [6.45, 7) is 2.51. The van der Waals surface area contributed by atoms with Gasteiger partial charge in [0.1, 0.15) is 11.5 Å². The summed E-state index contributed by atoms with van der Waals surface area (Å²) in [5.74, 6) is 1.30. The summed E-state index contributed by atoms with van der Waals surface area (Å²) < 4.78 is 0. The molecule has 2 unspecified atom stereocenters. The predicted molar refractivity (Wildman–Crippen MR) is 91.0 cm³/mol. The van der Waals surface area contributed by atoms with Crippen LogP contribution in [0, 0.1) is 0 Å². The van der Waals surface area contributed by atoms with Crippen molar-refractivity contribution in [3.63, 3.8) is 0 Å². The molecule has 0 aromatic heterocycles. The smallest absolute Gasteiger partial charge is 0.116 e. The van der Waals surface area contributed by atoms with Gasteiger partial charge >= 0.3 is 0 Å². The maximum atomic E-state index is 9.71. The van der Waals surface area contributed by atoms with Crippen LogP contribution in [0.25, 0.3) is 10.4 Å². The third-order valence-corrected chi connectivity index (χ3v) is 5.93. The first-order valence-electron chi connectivity index (χ1n) is 7.30. The number of thioether (sulfide) groups is 1. The fourth-order valence-electron chi connectivity index (χ4n) is 3.15. The Kier molecular flexibility index (Phi) is 4.11. The highest BCUT2D eigenvalue weighted by Crippen LogP contribution is 2.50. The Morgan fingerprint density at radius 3 is 2.61 bits per heavy atom. The third kappa shape index (κ3) is 2.83. The van der Waals surface area contributed by atoms with Gasteiger partial charge < -0.3 is 10.2 Å². The maximum Gasteiger partial charge on any atom is 0.116 e. The standard InChI is InChI=1S/C17H17N3O2S/c1-17(11-2-4-12(21)5-3-11)10-23-16-8-13(22)6-7-14(16)15(17)9-19-20-18/h2-8,15,21-22H,9-10H2,1H3. The molecule has 1 aliphatic heterocycles. The van der Waals surface area contributed by atoms with E-state index in [2.05, 4.69) is 16.9 Å². The number of hydrogen-bond donors (Lipinski definition) is 2. The van der Waals surface area contributed by atoms with Crippen molar-refractivity contribution in [3.8, 4) is 11.5 Å². The first-order chi connectivity index (χ1) is 11.0. The Morgan fingerprint density at radius 2 is 1.91 bits per heavy atom. The second kappa shape index (κ2) is 6.07. The number of aromatic hydroxyl groups is 2. The van der Waals surface area contributed by atoms with E-state index in [0.29, 0.717) is 6.54 Å². The van der Waals surface area contributed by atoms with Crippen LogP contribution in [0.2, 0.25) is 0 Å². The molecule has 118 valence electrons. The van der Waals surface area contributed by atoms with Crippen LogP contribution < -0.4 is 0 Å². The predicted octanol–water partition coefficient (Wildman–Crippen LogP) is 4.56. The van der Waals surface area contributed by atoms with Gasteiger partial charge in [-0.15, -0.1) is 11.8 Å². The molecule has 2 aromatic rings. The first kappa shape index (κ1) is 15.6. The van der Waals surface area contributed by atoms with Gasteiger partial charge in [-0.1, -0.05) is 30.2 Å². The van der Waals surface area contributed by atoms with Crippen LogP contribution in [-0.2, 0) is 5.41 Å². The minimum absolute atomic E-state index is 0.0137. The molecule has 0 fully saturated rings. The number of fused-ring (bicyclic) bond motifs is 1. The SMILES string of the molecule is CC1(c2ccc(O)cc2)CSc2cc(O)ccc2C1CN=[N+]=[N-]. The lowest BCUT2D eigenvalue weighted by atomic mass is 9.70. The fraction of sp³-hybridized carbons (Fsp3) is 0.294. The summed E-state index contributed by atoms with van der Waals surface area (Å²) in [5.41, 5.74) is 10.7. The van der Waals surface area contributed by atoms with E-state index >= 15 is 0 Å². The van der Waals surface area contributed by atoms with Crippen molar-refractivity contribution in [2.45, 2.75) is 23.2 Å². The van der Waals surface area contributed by atoms with E-state index < -0.39 is 0 Å². The molecule has 6 heteroatoms. The van der Waals surface area contributed by atoms with E-state index in [1.807, 2.05) is 18.2 Å². The maximum absolute atomic E-state index is 9.71. The zero-order chi connectivity index (χ0) is 16.4. The topological polar surface area (TPSA) is 89.2 Å². The average Bonchev–Trinajstić information content (AvgIpc) is 2.54. The molecular weight excluding hydrogens is 310 g/mol. The minimum atomic E-state index is -0.226. The van der Waals surface area contributed by atoms with Gasteiger partial charge in [-0.05, 0) is 40.9 Å². The molecule has 3 rings (SSSR count). The monoisotopic (exact) mass is 327 g/mol. The lowest BCUT2D eigenvalue weighted by Gasteiger charge is -2.42. The molecule has 2 aromatic carbocycles. The Labute approximate surface area is 138 Å². The zero-order valence-electron chi connectivity index (χ0n) is 12.7. The Bertz CT molecular complexity index is 772. The summed E-state index contributed by atoms with van der Waals surface area (Å²) in [4.78, 5) is 3.95. The molecule has 0 amide bonds. The van der Waals surface area contributed by atoms with Crippen LogP contribution in [-0.4, -0.2) is 22.5 Å². The van der Waals surface area contributed by atoms with E-state index in [-0.39, 0.29) is 22.8 Å². The number of phenolic OH excluding ortho intramolecular Hbond substituents is 2. The van der Waals surface area contributed by atoms with Crippen molar-refractivity contribution in [2.24, 2.45) is 5.11 Å². The molecule has 1 aliphatic rings. The van der Waals surface area contributed by atoms with E-state index in [1.54, 1.807) is 36.0 Å². The Balaban J connectivity index is 2.10. The first-order valence-corrected chi connectivity index (χ1v) is 8.29. The zero-order valence-corrected chi connectivity index (χ0v) is 13.5. The minimum Gasteiger partial charge on any atom is -0.508 e. The molecule has 2 N–H and O–H groups in total. The van der Waals surface area contributed by atoms with Crippen molar-refractivity contribution in [1.29, 1.82) is 0 Å². The summed E-state index contributed by atoms with van der Waals surface area (Å²) >= 11 is 1.69. The normalized spacial score (nSPS) is 22.9. The largest absolute Gasteiger partial charge is 0.508 e. The van der Waals surface area contributed by atoms with Gasteiger partial charge in [0.2, 0.25) is 0 Å². The lowest BCUT2D eigenvalue weighted by Crippen LogP contribution is -2.37. The number of phenols is 2. The van der Waals surface area contributed by atoms with E-state index in [1.165, 1.54) is 0 Å². The number of azide groups is 1. The van der Waals surface area contributed by atoms with Gasteiger partial charge in [0.25, 0.3) is 0 Å².